The fraction of sp³-hybridized carbons (Fsp3) is 0.333. The maximum absolute atomic E-state index is 9.75. The Hall–Kier alpha value is -1.80. The number of hydrogen-bond acceptors (Lipinski definition) is 2. The second kappa shape index (κ2) is 6.58. The summed E-state index contributed by atoms with van der Waals surface area (Å²) in [6.07, 6.45) is 0.339. The summed E-state index contributed by atoms with van der Waals surface area (Å²) in [5, 5.41) is 9.75. The third-order valence-corrected chi connectivity index (χ3v) is 3.55. The lowest BCUT2D eigenvalue weighted by Crippen LogP contribution is -1.99. The minimum atomic E-state index is -0.386. The first kappa shape index (κ1) is 14.6. The number of benzene rings is 2. The maximum atomic E-state index is 9.75. The predicted octanol–water partition coefficient (Wildman–Crippen LogP) is 4.33. The Morgan fingerprint density at radius 1 is 1.05 bits per heavy atom. The van der Waals surface area contributed by atoms with Gasteiger partial charge in [-0.2, -0.15) is 0 Å². The van der Waals surface area contributed by atoms with Crippen molar-refractivity contribution in [2.45, 2.75) is 39.9 Å². The molecule has 0 saturated carbocycles. The molecule has 20 heavy (non-hydrogen) atoms. The normalized spacial score (nSPS) is 12.2. The quantitative estimate of drug-likeness (QED) is 0.876. The summed E-state index contributed by atoms with van der Waals surface area (Å²) in [5.41, 5.74) is 4.64. The molecule has 1 N–H and O–H groups in total. The minimum Gasteiger partial charge on any atom is -0.489 e. The summed E-state index contributed by atoms with van der Waals surface area (Å²) in [7, 11) is 0. The summed E-state index contributed by atoms with van der Waals surface area (Å²) in [6.45, 7) is 6.72. The molecule has 1 unspecified atom stereocenters. The van der Waals surface area contributed by atoms with E-state index in [0.29, 0.717) is 6.61 Å². The zero-order valence-corrected chi connectivity index (χ0v) is 12.4. The van der Waals surface area contributed by atoms with Gasteiger partial charge in [-0.3, -0.25) is 0 Å². The SMILES string of the molecule is CCC(O)c1ccc(OCc2cc(C)ccc2C)cc1. The van der Waals surface area contributed by atoms with Gasteiger partial charge in [0.25, 0.3) is 0 Å². The van der Waals surface area contributed by atoms with Crippen LogP contribution >= 0.6 is 0 Å². The third-order valence-electron chi connectivity index (χ3n) is 3.55. The highest BCUT2D eigenvalue weighted by molar-refractivity contribution is 5.32. The van der Waals surface area contributed by atoms with E-state index in [1.165, 1.54) is 16.7 Å². The van der Waals surface area contributed by atoms with Gasteiger partial charge in [0.05, 0.1) is 6.10 Å². The van der Waals surface area contributed by atoms with Crippen molar-refractivity contribution in [1.82, 2.24) is 0 Å². The summed E-state index contributed by atoms with van der Waals surface area (Å²) in [6, 6.07) is 14.1. The lowest BCUT2D eigenvalue weighted by Gasteiger charge is -2.11. The zero-order chi connectivity index (χ0) is 14.5. The molecule has 1 atom stereocenters. The van der Waals surface area contributed by atoms with Crippen molar-refractivity contribution in [3.05, 3.63) is 64.7 Å². The van der Waals surface area contributed by atoms with Gasteiger partial charge in [0.1, 0.15) is 12.4 Å². The molecule has 0 amide bonds. The fourth-order valence-corrected chi connectivity index (χ4v) is 2.14. The van der Waals surface area contributed by atoms with Crippen LogP contribution in [0.1, 0.15) is 41.7 Å². The van der Waals surface area contributed by atoms with Crippen molar-refractivity contribution >= 4 is 0 Å². The van der Waals surface area contributed by atoms with Gasteiger partial charge in [0.15, 0.2) is 0 Å². The molecule has 2 nitrogen and oxygen atoms in total. The van der Waals surface area contributed by atoms with E-state index in [1.807, 2.05) is 31.2 Å². The minimum absolute atomic E-state index is 0.386. The molecule has 0 heterocycles. The first-order chi connectivity index (χ1) is 9.60. The summed E-state index contributed by atoms with van der Waals surface area (Å²) < 4.78 is 5.81. The number of rotatable bonds is 5. The first-order valence-electron chi connectivity index (χ1n) is 7.07. The Morgan fingerprint density at radius 2 is 1.75 bits per heavy atom. The van der Waals surface area contributed by atoms with E-state index in [1.54, 1.807) is 0 Å². The van der Waals surface area contributed by atoms with Gasteiger partial charge in [-0.15, -0.1) is 0 Å². The molecule has 0 saturated heterocycles. The molecule has 0 bridgehead atoms. The molecule has 0 fully saturated rings. The van der Waals surface area contributed by atoms with Crippen molar-refractivity contribution < 1.29 is 9.84 Å². The Labute approximate surface area is 121 Å². The van der Waals surface area contributed by atoms with E-state index in [4.69, 9.17) is 4.74 Å². The molecular formula is C18H22O2. The molecule has 2 heteroatoms. The van der Waals surface area contributed by atoms with Gasteiger partial charge in [0, 0.05) is 0 Å². The lowest BCUT2D eigenvalue weighted by molar-refractivity contribution is 0.173. The van der Waals surface area contributed by atoms with Gasteiger partial charge < -0.3 is 9.84 Å². The van der Waals surface area contributed by atoms with Crippen LogP contribution in [0.2, 0.25) is 0 Å². The highest BCUT2D eigenvalue weighted by Crippen LogP contribution is 2.21. The van der Waals surface area contributed by atoms with E-state index in [-0.39, 0.29) is 6.10 Å². The van der Waals surface area contributed by atoms with E-state index in [0.717, 1.165) is 17.7 Å². The molecule has 0 aliphatic carbocycles. The largest absolute Gasteiger partial charge is 0.489 e. The average Bonchev–Trinajstić information content (AvgIpc) is 2.48. The van der Waals surface area contributed by atoms with E-state index < -0.39 is 0 Å². The van der Waals surface area contributed by atoms with Crippen LogP contribution in [0, 0.1) is 13.8 Å². The summed E-state index contributed by atoms with van der Waals surface area (Å²) >= 11 is 0. The Kier molecular flexibility index (Phi) is 4.80. The Balaban J connectivity index is 2.02. The maximum Gasteiger partial charge on any atom is 0.119 e. The molecular weight excluding hydrogens is 248 g/mol. The monoisotopic (exact) mass is 270 g/mol. The van der Waals surface area contributed by atoms with Gasteiger partial charge in [-0.25, -0.2) is 0 Å². The Morgan fingerprint density at radius 3 is 2.40 bits per heavy atom. The smallest absolute Gasteiger partial charge is 0.119 e. The highest BCUT2D eigenvalue weighted by Gasteiger charge is 2.05. The van der Waals surface area contributed by atoms with Crippen LogP contribution in [-0.2, 0) is 6.61 Å². The second-order valence-electron chi connectivity index (χ2n) is 5.21. The van der Waals surface area contributed by atoms with Crippen LogP contribution < -0.4 is 4.74 Å². The van der Waals surface area contributed by atoms with Crippen LogP contribution in [0.4, 0.5) is 0 Å². The van der Waals surface area contributed by atoms with Crippen molar-refractivity contribution in [3.8, 4) is 5.75 Å². The van der Waals surface area contributed by atoms with Gasteiger partial charge in [-0.05, 0) is 49.1 Å². The standard InChI is InChI=1S/C18H22O2/c1-4-18(19)15-7-9-17(10-8-15)20-12-16-11-13(2)5-6-14(16)3/h5-11,18-19H,4,12H2,1-3H3. The molecule has 2 aromatic carbocycles. The molecule has 0 aromatic heterocycles. The number of aliphatic hydroxyl groups excluding tert-OH is 1. The molecule has 0 aliphatic heterocycles. The van der Waals surface area contributed by atoms with Crippen LogP contribution in [0.3, 0.4) is 0 Å². The Bertz CT molecular complexity index is 558. The number of ether oxygens (including phenoxy) is 1. The molecule has 106 valence electrons. The molecule has 2 rings (SSSR count). The fourth-order valence-electron chi connectivity index (χ4n) is 2.14. The van der Waals surface area contributed by atoms with Gasteiger partial charge in [-0.1, -0.05) is 42.8 Å². The van der Waals surface area contributed by atoms with E-state index in [2.05, 4.69) is 32.0 Å². The van der Waals surface area contributed by atoms with Gasteiger partial charge in [0.2, 0.25) is 0 Å². The van der Waals surface area contributed by atoms with Crippen molar-refractivity contribution in [1.29, 1.82) is 0 Å². The average molecular weight is 270 g/mol. The van der Waals surface area contributed by atoms with Crippen molar-refractivity contribution in [2.75, 3.05) is 0 Å². The van der Waals surface area contributed by atoms with Crippen LogP contribution in [-0.4, -0.2) is 5.11 Å². The molecule has 0 aliphatic rings. The molecule has 0 spiro atoms. The topological polar surface area (TPSA) is 29.5 Å². The molecule has 0 radical (unpaired) electrons. The van der Waals surface area contributed by atoms with E-state index in [9.17, 15) is 5.11 Å². The van der Waals surface area contributed by atoms with Crippen LogP contribution in [0.5, 0.6) is 5.75 Å². The van der Waals surface area contributed by atoms with Crippen LogP contribution in [0.15, 0.2) is 42.5 Å². The van der Waals surface area contributed by atoms with Gasteiger partial charge >= 0.3 is 0 Å². The number of hydrogen-bond donors (Lipinski definition) is 1. The zero-order valence-electron chi connectivity index (χ0n) is 12.4. The first-order valence-corrected chi connectivity index (χ1v) is 7.07. The third kappa shape index (κ3) is 3.61. The second-order valence-corrected chi connectivity index (χ2v) is 5.21. The van der Waals surface area contributed by atoms with Crippen molar-refractivity contribution in [3.63, 3.8) is 0 Å². The van der Waals surface area contributed by atoms with Crippen molar-refractivity contribution in [2.24, 2.45) is 0 Å². The highest BCUT2D eigenvalue weighted by atomic mass is 16.5. The summed E-state index contributed by atoms with van der Waals surface area (Å²) in [4.78, 5) is 0. The number of aryl methyl sites for hydroxylation is 2. The predicted molar refractivity (Wildman–Crippen MR) is 81.9 cm³/mol. The van der Waals surface area contributed by atoms with Crippen LogP contribution in [0.25, 0.3) is 0 Å². The molecule has 2 aromatic rings. The number of aliphatic hydroxyl groups is 1. The summed E-state index contributed by atoms with van der Waals surface area (Å²) in [5.74, 6) is 0.831. The van der Waals surface area contributed by atoms with E-state index >= 15 is 0 Å². The lowest BCUT2D eigenvalue weighted by atomic mass is 10.1.